The van der Waals surface area contributed by atoms with Crippen molar-refractivity contribution < 1.29 is 13.2 Å². The van der Waals surface area contributed by atoms with Crippen LogP contribution in [0.25, 0.3) is 0 Å². The lowest BCUT2D eigenvalue weighted by Gasteiger charge is -2.27. The second-order valence-electron chi connectivity index (χ2n) is 5.15. The standard InChI is InChI=1S/C14H22N2O3S/c1-16(11-12-7-9-15-10-8-12)20(17,18)14-5-3-13(19-2)4-6-14/h3-6,12,15H,7-11H2,1-2H3. The average Bonchev–Trinajstić information content (AvgIpc) is 2.48. The molecule has 1 heterocycles. The highest BCUT2D eigenvalue weighted by atomic mass is 32.2. The minimum atomic E-state index is -3.41. The molecule has 6 heteroatoms. The van der Waals surface area contributed by atoms with Gasteiger partial charge in [0.05, 0.1) is 12.0 Å². The fourth-order valence-corrected chi connectivity index (χ4v) is 3.70. The molecule has 0 spiro atoms. The van der Waals surface area contributed by atoms with Crippen molar-refractivity contribution in [1.29, 1.82) is 0 Å². The van der Waals surface area contributed by atoms with E-state index in [1.807, 2.05) is 0 Å². The van der Waals surface area contributed by atoms with Crippen molar-refractivity contribution in [3.8, 4) is 5.75 Å². The molecular weight excluding hydrogens is 276 g/mol. The topological polar surface area (TPSA) is 58.6 Å². The Balaban J connectivity index is 2.07. The highest BCUT2D eigenvalue weighted by Crippen LogP contribution is 2.21. The maximum atomic E-state index is 12.5. The molecule has 0 bridgehead atoms. The van der Waals surface area contributed by atoms with Crippen LogP contribution < -0.4 is 10.1 Å². The van der Waals surface area contributed by atoms with Crippen molar-refractivity contribution in [2.24, 2.45) is 5.92 Å². The molecule has 1 aliphatic heterocycles. The fourth-order valence-electron chi connectivity index (χ4n) is 2.45. The summed E-state index contributed by atoms with van der Waals surface area (Å²) in [5.41, 5.74) is 0. The lowest BCUT2D eigenvalue weighted by molar-refractivity contribution is 0.311. The molecule has 2 rings (SSSR count). The zero-order chi connectivity index (χ0) is 14.6. The van der Waals surface area contributed by atoms with E-state index in [2.05, 4.69) is 5.32 Å². The minimum absolute atomic E-state index is 0.315. The molecule has 1 aromatic carbocycles. The smallest absolute Gasteiger partial charge is 0.242 e. The van der Waals surface area contributed by atoms with Crippen LogP contribution in [0.3, 0.4) is 0 Å². The third kappa shape index (κ3) is 3.50. The quantitative estimate of drug-likeness (QED) is 0.890. The summed E-state index contributed by atoms with van der Waals surface area (Å²) in [6.45, 7) is 2.53. The van der Waals surface area contributed by atoms with E-state index >= 15 is 0 Å². The van der Waals surface area contributed by atoms with Crippen LogP contribution in [-0.4, -0.2) is 46.5 Å². The SMILES string of the molecule is COc1ccc(S(=O)(=O)N(C)CC2CCNCC2)cc1. The van der Waals surface area contributed by atoms with Crippen molar-refractivity contribution in [2.75, 3.05) is 33.8 Å². The first-order chi connectivity index (χ1) is 9.54. The summed E-state index contributed by atoms with van der Waals surface area (Å²) in [5.74, 6) is 1.10. The van der Waals surface area contributed by atoms with Gasteiger partial charge in [-0.05, 0) is 56.1 Å². The van der Waals surface area contributed by atoms with Gasteiger partial charge in [0, 0.05) is 13.6 Å². The molecule has 112 valence electrons. The van der Waals surface area contributed by atoms with Crippen molar-refractivity contribution in [1.82, 2.24) is 9.62 Å². The van der Waals surface area contributed by atoms with Crippen LogP contribution in [0.4, 0.5) is 0 Å². The van der Waals surface area contributed by atoms with Gasteiger partial charge in [-0.25, -0.2) is 12.7 Å². The minimum Gasteiger partial charge on any atom is -0.497 e. The average molecular weight is 298 g/mol. The van der Waals surface area contributed by atoms with Crippen LogP contribution in [0.15, 0.2) is 29.2 Å². The molecule has 20 heavy (non-hydrogen) atoms. The summed E-state index contributed by atoms with van der Waals surface area (Å²) in [7, 11) is -0.189. The van der Waals surface area contributed by atoms with Gasteiger partial charge in [-0.15, -0.1) is 0 Å². The third-order valence-electron chi connectivity index (χ3n) is 3.74. The fraction of sp³-hybridized carbons (Fsp3) is 0.571. The van der Waals surface area contributed by atoms with Crippen LogP contribution in [-0.2, 0) is 10.0 Å². The number of nitrogens with one attached hydrogen (secondary N) is 1. The number of hydrogen-bond donors (Lipinski definition) is 1. The molecule has 0 unspecified atom stereocenters. The molecule has 0 radical (unpaired) electrons. The second kappa shape index (κ2) is 6.56. The normalized spacial score (nSPS) is 17.4. The summed E-state index contributed by atoms with van der Waals surface area (Å²) in [5, 5.41) is 3.29. The Kier molecular flexibility index (Phi) is 5.01. The predicted octanol–water partition coefficient (Wildman–Crippen LogP) is 1.32. The van der Waals surface area contributed by atoms with E-state index in [1.165, 1.54) is 4.31 Å². The van der Waals surface area contributed by atoms with Crippen molar-refractivity contribution in [3.05, 3.63) is 24.3 Å². The van der Waals surface area contributed by atoms with Crippen molar-refractivity contribution >= 4 is 10.0 Å². The maximum Gasteiger partial charge on any atom is 0.242 e. The molecule has 1 aliphatic rings. The predicted molar refractivity (Wildman–Crippen MR) is 78.4 cm³/mol. The van der Waals surface area contributed by atoms with E-state index in [0.717, 1.165) is 25.9 Å². The molecule has 1 fully saturated rings. The number of methoxy groups -OCH3 is 1. The summed E-state index contributed by atoms with van der Waals surface area (Å²) in [6.07, 6.45) is 2.06. The molecule has 0 amide bonds. The molecular formula is C14H22N2O3S. The van der Waals surface area contributed by atoms with E-state index in [-0.39, 0.29) is 0 Å². The van der Waals surface area contributed by atoms with Gasteiger partial charge in [-0.1, -0.05) is 0 Å². The summed E-state index contributed by atoms with van der Waals surface area (Å²) in [6, 6.07) is 6.52. The third-order valence-corrected chi connectivity index (χ3v) is 5.58. The van der Waals surface area contributed by atoms with Crippen LogP contribution >= 0.6 is 0 Å². The number of ether oxygens (including phenoxy) is 1. The van der Waals surface area contributed by atoms with E-state index < -0.39 is 10.0 Å². The first-order valence-electron chi connectivity index (χ1n) is 6.85. The van der Waals surface area contributed by atoms with E-state index in [9.17, 15) is 8.42 Å². The number of rotatable bonds is 5. The molecule has 5 nitrogen and oxygen atoms in total. The van der Waals surface area contributed by atoms with Gasteiger partial charge in [-0.3, -0.25) is 0 Å². The van der Waals surface area contributed by atoms with E-state index in [1.54, 1.807) is 38.4 Å². The monoisotopic (exact) mass is 298 g/mol. The van der Waals surface area contributed by atoms with E-state index in [4.69, 9.17) is 4.74 Å². The lowest BCUT2D eigenvalue weighted by Crippen LogP contribution is -2.37. The molecule has 0 saturated carbocycles. The molecule has 0 atom stereocenters. The lowest BCUT2D eigenvalue weighted by atomic mass is 9.98. The van der Waals surface area contributed by atoms with Crippen molar-refractivity contribution in [3.63, 3.8) is 0 Å². The molecule has 0 aromatic heterocycles. The van der Waals surface area contributed by atoms with Gasteiger partial charge >= 0.3 is 0 Å². The number of hydrogen-bond acceptors (Lipinski definition) is 4. The highest BCUT2D eigenvalue weighted by molar-refractivity contribution is 7.89. The van der Waals surface area contributed by atoms with Crippen LogP contribution in [0.5, 0.6) is 5.75 Å². The summed E-state index contributed by atoms with van der Waals surface area (Å²) >= 11 is 0. The van der Waals surface area contributed by atoms with Gasteiger partial charge in [0.25, 0.3) is 0 Å². The summed E-state index contributed by atoms with van der Waals surface area (Å²) < 4.78 is 31.5. The van der Waals surface area contributed by atoms with Gasteiger partial charge in [0.1, 0.15) is 5.75 Å². The Morgan fingerprint density at radius 1 is 1.25 bits per heavy atom. The zero-order valence-corrected chi connectivity index (χ0v) is 12.8. The van der Waals surface area contributed by atoms with Crippen LogP contribution in [0, 0.1) is 5.92 Å². The summed E-state index contributed by atoms with van der Waals surface area (Å²) in [4.78, 5) is 0.315. The maximum absolute atomic E-state index is 12.5. The molecule has 0 aliphatic carbocycles. The number of piperidine rings is 1. The molecule has 1 aromatic rings. The van der Waals surface area contributed by atoms with Gasteiger partial charge in [0.15, 0.2) is 0 Å². The van der Waals surface area contributed by atoms with Gasteiger partial charge in [0.2, 0.25) is 10.0 Å². The molecule has 1 N–H and O–H groups in total. The Labute approximate surface area is 121 Å². The second-order valence-corrected chi connectivity index (χ2v) is 7.20. The van der Waals surface area contributed by atoms with Gasteiger partial charge in [-0.2, -0.15) is 0 Å². The Hall–Kier alpha value is -1.11. The number of benzene rings is 1. The molecule has 1 saturated heterocycles. The van der Waals surface area contributed by atoms with Crippen LogP contribution in [0.1, 0.15) is 12.8 Å². The Morgan fingerprint density at radius 2 is 1.85 bits per heavy atom. The number of sulfonamides is 1. The first-order valence-corrected chi connectivity index (χ1v) is 8.29. The zero-order valence-electron chi connectivity index (χ0n) is 12.0. The van der Waals surface area contributed by atoms with Crippen molar-refractivity contribution in [2.45, 2.75) is 17.7 Å². The largest absolute Gasteiger partial charge is 0.497 e. The van der Waals surface area contributed by atoms with E-state index in [0.29, 0.717) is 23.1 Å². The first kappa shape index (κ1) is 15.3. The highest BCUT2D eigenvalue weighted by Gasteiger charge is 2.24. The Bertz CT molecular complexity index is 522. The van der Waals surface area contributed by atoms with Crippen LogP contribution in [0.2, 0.25) is 0 Å². The van der Waals surface area contributed by atoms with Gasteiger partial charge < -0.3 is 10.1 Å². The number of nitrogens with zero attached hydrogens (tertiary/aromatic N) is 1. The Morgan fingerprint density at radius 3 is 2.40 bits per heavy atom.